The number of carbonyl (C=O) groups is 2. The van der Waals surface area contributed by atoms with E-state index in [4.69, 9.17) is 9.47 Å². The first-order valence-electron chi connectivity index (χ1n) is 10.7. The van der Waals surface area contributed by atoms with Crippen LogP contribution in [0.3, 0.4) is 0 Å². The van der Waals surface area contributed by atoms with E-state index >= 15 is 0 Å². The zero-order valence-corrected chi connectivity index (χ0v) is 17.6. The van der Waals surface area contributed by atoms with Crippen LogP contribution in [0, 0.1) is 5.92 Å². The molecule has 0 N–H and O–H groups in total. The van der Waals surface area contributed by atoms with Crippen molar-refractivity contribution in [2.75, 3.05) is 13.2 Å². The van der Waals surface area contributed by atoms with E-state index < -0.39 is 0 Å². The average Bonchev–Trinajstić information content (AvgIpc) is 2.77. The first-order chi connectivity index (χ1) is 14.5. The first-order valence-corrected chi connectivity index (χ1v) is 10.7. The molecule has 2 aliphatic rings. The van der Waals surface area contributed by atoms with Gasteiger partial charge in [-0.05, 0) is 29.9 Å². The lowest BCUT2D eigenvalue weighted by molar-refractivity contribution is -0.0755. The molecular weight excluding hydrogens is 378 g/mol. The second kappa shape index (κ2) is 9.00. The Bertz CT molecular complexity index is 864. The molecule has 0 aliphatic carbocycles. The molecule has 158 valence electrons. The van der Waals surface area contributed by atoms with E-state index in [9.17, 15) is 9.59 Å². The van der Waals surface area contributed by atoms with Crippen molar-refractivity contribution in [3.05, 3.63) is 71.3 Å². The fraction of sp³-hybridized carbons (Fsp3) is 0.440. The number of benzene rings is 2. The number of hydrogen-bond donors (Lipinski definition) is 0. The molecule has 2 aliphatic heterocycles. The predicted molar refractivity (Wildman–Crippen MR) is 114 cm³/mol. The van der Waals surface area contributed by atoms with Crippen molar-refractivity contribution in [2.24, 2.45) is 5.92 Å². The molecule has 5 nitrogen and oxygen atoms in total. The highest BCUT2D eigenvalue weighted by Gasteiger charge is 2.44. The largest absolute Gasteiger partial charge is 0.445 e. The highest BCUT2D eigenvalue weighted by molar-refractivity contribution is 5.98. The highest BCUT2D eigenvalue weighted by Crippen LogP contribution is 2.34. The van der Waals surface area contributed by atoms with Gasteiger partial charge in [0.05, 0.1) is 25.3 Å². The number of Topliss-reactive ketones (excluding diaryl/α,β-unsaturated/α-hetero) is 1. The second-order valence-electron chi connectivity index (χ2n) is 8.60. The van der Waals surface area contributed by atoms with Crippen LogP contribution in [0.4, 0.5) is 4.79 Å². The van der Waals surface area contributed by atoms with Gasteiger partial charge in [0.25, 0.3) is 0 Å². The van der Waals surface area contributed by atoms with E-state index in [1.165, 1.54) is 5.56 Å². The molecule has 2 heterocycles. The zero-order valence-electron chi connectivity index (χ0n) is 17.6. The minimum atomic E-state index is -0.315. The van der Waals surface area contributed by atoms with Crippen LogP contribution in [-0.2, 0) is 16.1 Å². The van der Waals surface area contributed by atoms with E-state index in [2.05, 4.69) is 13.8 Å². The molecule has 2 saturated heterocycles. The summed E-state index contributed by atoms with van der Waals surface area (Å²) >= 11 is 0. The van der Waals surface area contributed by atoms with Crippen LogP contribution in [0.1, 0.15) is 54.1 Å². The van der Waals surface area contributed by atoms with Crippen LogP contribution in [0.5, 0.6) is 0 Å². The number of ether oxygens (including phenoxy) is 2. The van der Waals surface area contributed by atoms with Gasteiger partial charge in [0.1, 0.15) is 6.61 Å². The summed E-state index contributed by atoms with van der Waals surface area (Å²) in [6, 6.07) is 17.4. The maximum absolute atomic E-state index is 13.1. The summed E-state index contributed by atoms with van der Waals surface area (Å²) in [5.41, 5.74) is 2.94. The Balaban J connectivity index is 1.41. The van der Waals surface area contributed by atoms with Gasteiger partial charge in [0.2, 0.25) is 0 Å². The van der Waals surface area contributed by atoms with E-state index in [1.54, 1.807) is 4.90 Å². The minimum absolute atomic E-state index is 0.0908. The van der Waals surface area contributed by atoms with Crippen LogP contribution in [0.15, 0.2) is 54.6 Å². The third kappa shape index (κ3) is 4.41. The second-order valence-corrected chi connectivity index (χ2v) is 8.60. The molecule has 1 amide bonds. The van der Waals surface area contributed by atoms with Crippen molar-refractivity contribution in [2.45, 2.75) is 51.3 Å². The maximum Gasteiger partial charge on any atom is 0.410 e. The van der Waals surface area contributed by atoms with E-state index in [0.717, 1.165) is 11.1 Å². The lowest BCUT2D eigenvalue weighted by Gasteiger charge is -2.47. The van der Waals surface area contributed by atoms with Gasteiger partial charge in [-0.2, -0.15) is 0 Å². The topological polar surface area (TPSA) is 55.8 Å². The highest BCUT2D eigenvalue weighted by atomic mass is 16.6. The Morgan fingerprint density at radius 1 is 1.00 bits per heavy atom. The normalized spacial score (nSPS) is 23.3. The smallest absolute Gasteiger partial charge is 0.410 e. The van der Waals surface area contributed by atoms with Crippen molar-refractivity contribution >= 4 is 11.9 Å². The molecule has 2 atom stereocenters. The van der Waals surface area contributed by atoms with Crippen molar-refractivity contribution in [1.29, 1.82) is 0 Å². The summed E-state index contributed by atoms with van der Waals surface area (Å²) in [7, 11) is 0. The van der Waals surface area contributed by atoms with Crippen LogP contribution in [0.25, 0.3) is 0 Å². The molecule has 2 aromatic carbocycles. The number of morpholine rings is 1. The lowest BCUT2D eigenvalue weighted by atomic mass is 9.80. The summed E-state index contributed by atoms with van der Waals surface area (Å²) in [5, 5.41) is 0. The average molecular weight is 408 g/mol. The molecule has 2 bridgehead atoms. The third-order valence-electron chi connectivity index (χ3n) is 6.17. The van der Waals surface area contributed by atoms with Crippen molar-refractivity contribution in [1.82, 2.24) is 4.90 Å². The maximum atomic E-state index is 13.1. The van der Waals surface area contributed by atoms with E-state index in [1.807, 2.05) is 54.6 Å². The van der Waals surface area contributed by atoms with Crippen LogP contribution in [-0.4, -0.2) is 42.1 Å². The number of nitrogens with zero attached hydrogens (tertiary/aromatic N) is 1. The van der Waals surface area contributed by atoms with Gasteiger partial charge in [0.15, 0.2) is 5.78 Å². The van der Waals surface area contributed by atoms with Gasteiger partial charge in [-0.25, -0.2) is 4.79 Å². The molecule has 0 radical (unpaired) electrons. The molecule has 0 saturated carbocycles. The quantitative estimate of drug-likeness (QED) is 0.668. The van der Waals surface area contributed by atoms with Gasteiger partial charge in [-0.1, -0.05) is 68.4 Å². The molecule has 2 fully saturated rings. The number of hydrogen-bond acceptors (Lipinski definition) is 4. The molecule has 0 spiro atoms. The Hall–Kier alpha value is -2.66. The summed E-state index contributed by atoms with van der Waals surface area (Å²) in [6.07, 6.45) is 0.910. The molecule has 2 unspecified atom stereocenters. The fourth-order valence-electron chi connectivity index (χ4n) is 4.49. The zero-order chi connectivity index (χ0) is 21.1. The Morgan fingerprint density at radius 2 is 1.63 bits per heavy atom. The Morgan fingerprint density at radius 3 is 2.23 bits per heavy atom. The molecular formula is C25H29NO4. The third-order valence-corrected chi connectivity index (χ3v) is 6.17. The Kier molecular flexibility index (Phi) is 6.18. The number of amides is 1. The van der Waals surface area contributed by atoms with E-state index in [0.29, 0.717) is 32.0 Å². The van der Waals surface area contributed by atoms with Gasteiger partial charge < -0.3 is 9.47 Å². The van der Waals surface area contributed by atoms with Gasteiger partial charge in [-0.3, -0.25) is 9.69 Å². The first kappa shape index (κ1) is 20.6. The Labute approximate surface area is 178 Å². The lowest BCUT2D eigenvalue weighted by Crippen LogP contribution is -2.59. The van der Waals surface area contributed by atoms with Gasteiger partial charge in [-0.15, -0.1) is 0 Å². The molecule has 5 heteroatoms. The summed E-state index contributed by atoms with van der Waals surface area (Å²) < 4.78 is 11.3. The molecule has 30 heavy (non-hydrogen) atoms. The van der Waals surface area contributed by atoms with Crippen molar-refractivity contribution in [3.8, 4) is 0 Å². The van der Waals surface area contributed by atoms with Gasteiger partial charge >= 0.3 is 6.09 Å². The van der Waals surface area contributed by atoms with Crippen LogP contribution < -0.4 is 0 Å². The van der Waals surface area contributed by atoms with Crippen LogP contribution >= 0.6 is 0 Å². The monoisotopic (exact) mass is 407 g/mol. The number of carbonyl (C=O) groups excluding carboxylic acids is 2. The number of ketones is 1. The van der Waals surface area contributed by atoms with Crippen molar-refractivity contribution in [3.63, 3.8) is 0 Å². The fourth-order valence-corrected chi connectivity index (χ4v) is 4.49. The minimum Gasteiger partial charge on any atom is -0.445 e. The van der Waals surface area contributed by atoms with Gasteiger partial charge in [0, 0.05) is 11.5 Å². The SMILES string of the molecule is CC(C)c1ccc(C(=O)C2CC3COCC(C2)N3C(=O)OCc2ccccc2)cc1. The van der Waals surface area contributed by atoms with E-state index in [-0.39, 0.29) is 36.5 Å². The van der Waals surface area contributed by atoms with Crippen molar-refractivity contribution < 1.29 is 19.1 Å². The molecule has 4 rings (SSSR count). The summed E-state index contributed by atoms with van der Waals surface area (Å²) in [4.78, 5) is 27.7. The number of fused-ring (bicyclic) bond motifs is 2. The number of piperidine rings is 1. The standard InChI is InChI=1S/C25H29NO4/c1-17(2)19-8-10-20(11-9-19)24(27)21-12-22-15-29-16-23(13-21)26(22)25(28)30-14-18-6-4-3-5-7-18/h3-11,17,21-23H,12-16H2,1-2H3. The summed E-state index contributed by atoms with van der Waals surface area (Å²) in [5.74, 6) is 0.516. The molecule has 2 aromatic rings. The van der Waals surface area contributed by atoms with Crippen LogP contribution in [0.2, 0.25) is 0 Å². The molecule has 0 aromatic heterocycles. The number of rotatable bonds is 5. The predicted octanol–water partition coefficient (Wildman–Crippen LogP) is 4.81. The summed E-state index contributed by atoms with van der Waals surface area (Å²) in [6.45, 7) is 5.44.